The van der Waals surface area contributed by atoms with Crippen LogP contribution in [-0.2, 0) is 27.9 Å². The van der Waals surface area contributed by atoms with Gasteiger partial charge in [0.05, 0.1) is 18.0 Å². The van der Waals surface area contributed by atoms with E-state index >= 15 is 0 Å². The maximum Gasteiger partial charge on any atom is 0.244 e. The molecule has 1 aromatic heterocycles. The molecule has 0 aliphatic carbocycles. The lowest BCUT2D eigenvalue weighted by Gasteiger charge is -2.29. The second-order valence-electron chi connectivity index (χ2n) is 9.14. The zero-order chi connectivity index (χ0) is 26.0. The molecule has 0 saturated heterocycles. The lowest BCUT2D eigenvalue weighted by Crippen LogP contribution is -2.45. The van der Waals surface area contributed by atoms with Crippen molar-refractivity contribution >= 4 is 38.0 Å². The predicted octanol–water partition coefficient (Wildman–Crippen LogP) is 5.26. The van der Waals surface area contributed by atoms with Gasteiger partial charge in [0, 0.05) is 22.8 Å². The molecule has 9 heteroatoms. The first-order valence-corrected chi connectivity index (χ1v) is 14.3. The van der Waals surface area contributed by atoms with Crippen molar-refractivity contribution in [2.45, 2.75) is 37.9 Å². The SMILES string of the molecule is CC(C)N(CC(=O)N(Cc1ccc2c(c1)OCO2)Cc1cccs1)S(=O)(=O)c1cccc2ccccc12. The Morgan fingerprint density at radius 1 is 0.946 bits per heavy atom. The van der Waals surface area contributed by atoms with Crippen molar-refractivity contribution in [1.82, 2.24) is 9.21 Å². The van der Waals surface area contributed by atoms with Gasteiger partial charge in [0.25, 0.3) is 0 Å². The van der Waals surface area contributed by atoms with Gasteiger partial charge >= 0.3 is 0 Å². The summed E-state index contributed by atoms with van der Waals surface area (Å²) in [5.74, 6) is 1.04. The second-order valence-corrected chi connectivity index (χ2v) is 12.0. The highest BCUT2D eigenvalue weighted by molar-refractivity contribution is 7.89. The maximum absolute atomic E-state index is 13.9. The fraction of sp³-hybridized carbons (Fsp3) is 0.250. The number of hydrogen-bond donors (Lipinski definition) is 0. The highest BCUT2D eigenvalue weighted by atomic mass is 32.2. The second kappa shape index (κ2) is 10.5. The summed E-state index contributed by atoms with van der Waals surface area (Å²) >= 11 is 1.56. The molecule has 0 saturated carbocycles. The Bertz CT molecular complexity index is 1510. The molecule has 0 atom stereocenters. The Morgan fingerprint density at radius 3 is 2.51 bits per heavy atom. The lowest BCUT2D eigenvalue weighted by molar-refractivity contribution is -0.132. The van der Waals surface area contributed by atoms with Crippen molar-refractivity contribution in [1.29, 1.82) is 0 Å². The number of fused-ring (bicyclic) bond motifs is 2. The summed E-state index contributed by atoms with van der Waals surface area (Å²) in [6.45, 7) is 4.18. The standard InChI is InChI=1S/C28H28N2O5S2/c1-20(2)30(37(32,33)27-11-5-8-22-7-3-4-10-24(22)27)18-28(31)29(17-23-9-6-14-36-23)16-21-12-13-25-26(15-21)35-19-34-25/h3-15,20H,16-19H2,1-2H3. The molecule has 4 aromatic rings. The Hall–Kier alpha value is -3.40. The van der Waals surface area contributed by atoms with Crippen LogP contribution in [0.4, 0.5) is 0 Å². The van der Waals surface area contributed by atoms with Crippen molar-refractivity contribution in [3.63, 3.8) is 0 Å². The molecule has 5 rings (SSSR count). The molecule has 3 aromatic carbocycles. The van der Waals surface area contributed by atoms with Gasteiger partial charge < -0.3 is 14.4 Å². The largest absolute Gasteiger partial charge is 0.454 e. The van der Waals surface area contributed by atoms with Gasteiger partial charge in [-0.15, -0.1) is 11.3 Å². The summed E-state index contributed by atoms with van der Waals surface area (Å²) in [4.78, 5) is 16.6. The van der Waals surface area contributed by atoms with E-state index in [1.807, 2.05) is 60.0 Å². The molecule has 1 aliphatic rings. The van der Waals surface area contributed by atoms with E-state index in [1.54, 1.807) is 48.3 Å². The topological polar surface area (TPSA) is 76.2 Å². The summed E-state index contributed by atoms with van der Waals surface area (Å²) in [6, 6.07) is 21.7. The van der Waals surface area contributed by atoms with E-state index in [0.717, 1.165) is 15.8 Å². The molecule has 1 aliphatic heterocycles. The Morgan fingerprint density at radius 2 is 1.73 bits per heavy atom. The van der Waals surface area contributed by atoms with Gasteiger partial charge in [-0.1, -0.05) is 48.5 Å². The summed E-state index contributed by atoms with van der Waals surface area (Å²) in [5.41, 5.74) is 0.877. The summed E-state index contributed by atoms with van der Waals surface area (Å²) in [6.07, 6.45) is 0. The highest BCUT2D eigenvalue weighted by Crippen LogP contribution is 2.33. The number of carbonyl (C=O) groups excluding carboxylic acids is 1. The fourth-order valence-electron chi connectivity index (χ4n) is 4.41. The van der Waals surface area contributed by atoms with Gasteiger partial charge in [-0.25, -0.2) is 8.42 Å². The van der Waals surface area contributed by atoms with E-state index in [1.165, 1.54) is 4.31 Å². The van der Waals surface area contributed by atoms with Crippen molar-refractivity contribution < 1.29 is 22.7 Å². The molecule has 0 bridgehead atoms. The monoisotopic (exact) mass is 536 g/mol. The number of rotatable bonds is 9. The Balaban J connectivity index is 1.44. The number of nitrogens with zero attached hydrogens (tertiary/aromatic N) is 2. The third-order valence-corrected chi connectivity index (χ3v) is 9.23. The van der Waals surface area contributed by atoms with E-state index < -0.39 is 16.1 Å². The number of amides is 1. The third-order valence-electron chi connectivity index (χ3n) is 6.29. The molecule has 2 heterocycles. The number of ether oxygens (including phenoxy) is 2. The third kappa shape index (κ3) is 5.34. The molecule has 1 amide bonds. The van der Waals surface area contributed by atoms with Crippen LogP contribution in [0, 0.1) is 0 Å². The molecule has 0 unspecified atom stereocenters. The van der Waals surface area contributed by atoms with Crippen molar-refractivity contribution in [3.8, 4) is 11.5 Å². The highest BCUT2D eigenvalue weighted by Gasteiger charge is 2.32. The van der Waals surface area contributed by atoms with E-state index in [4.69, 9.17) is 9.47 Å². The van der Waals surface area contributed by atoms with Gasteiger partial charge in [0.2, 0.25) is 22.7 Å². The minimum absolute atomic E-state index is 0.173. The van der Waals surface area contributed by atoms with E-state index in [2.05, 4.69) is 0 Å². The van der Waals surface area contributed by atoms with Crippen LogP contribution in [-0.4, -0.2) is 42.9 Å². The van der Waals surface area contributed by atoms with Gasteiger partial charge in [0.1, 0.15) is 0 Å². The first-order chi connectivity index (χ1) is 17.8. The maximum atomic E-state index is 13.9. The van der Waals surface area contributed by atoms with Crippen LogP contribution in [0.5, 0.6) is 11.5 Å². The summed E-state index contributed by atoms with van der Waals surface area (Å²) < 4.78 is 39.9. The molecule has 192 valence electrons. The fourth-order valence-corrected chi connectivity index (χ4v) is 6.93. The van der Waals surface area contributed by atoms with Crippen LogP contribution < -0.4 is 9.47 Å². The first kappa shape index (κ1) is 25.3. The molecular weight excluding hydrogens is 508 g/mol. The number of benzene rings is 3. The van der Waals surface area contributed by atoms with E-state index in [0.29, 0.717) is 30.0 Å². The van der Waals surface area contributed by atoms with Crippen molar-refractivity contribution in [2.24, 2.45) is 0 Å². The summed E-state index contributed by atoms with van der Waals surface area (Å²) in [5, 5.41) is 3.43. The Kier molecular flexibility index (Phi) is 7.19. The first-order valence-electron chi connectivity index (χ1n) is 12.0. The number of hydrogen-bond acceptors (Lipinski definition) is 6. The molecule has 37 heavy (non-hydrogen) atoms. The number of carbonyl (C=O) groups is 1. The molecule has 7 nitrogen and oxygen atoms in total. The average Bonchev–Trinajstić information content (AvgIpc) is 3.58. The van der Waals surface area contributed by atoms with Crippen LogP contribution >= 0.6 is 11.3 Å². The molecule has 0 fully saturated rings. The van der Waals surface area contributed by atoms with Gasteiger partial charge in [-0.05, 0) is 54.4 Å². The normalized spacial score (nSPS) is 13.0. The van der Waals surface area contributed by atoms with Crippen molar-refractivity contribution in [3.05, 3.63) is 88.6 Å². The minimum Gasteiger partial charge on any atom is -0.454 e. The molecular formula is C28H28N2O5S2. The van der Waals surface area contributed by atoms with Crippen LogP contribution in [0.2, 0.25) is 0 Å². The average molecular weight is 537 g/mol. The molecule has 0 N–H and O–H groups in total. The lowest BCUT2D eigenvalue weighted by atomic mass is 10.1. The van der Waals surface area contributed by atoms with Crippen molar-refractivity contribution in [2.75, 3.05) is 13.3 Å². The van der Waals surface area contributed by atoms with Crippen LogP contribution in [0.25, 0.3) is 10.8 Å². The van der Waals surface area contributed by atoms with Crippen LogP contribution in [0.1, 0.15) is 24.3 Å². The summed E-state index contributed by atoms with van der Waals surface area (Å²) in [7, 11) is -3.95. The van der Waals surface area contributed by atoms with Gasteiger partial charge in [-0.2, -0.15) is 4.31 Å². The minimum atomic E-state index is -3.95. The van der Waals surface area contributed by atoms with Crippen LogP contribution in [0.15, 0.2) is 83.1 Å². The Labute approximate surface area is 220 Å². The number of thiophene rings is 1. The smallest absolute Gasteiger partial charge is 0.244 e. The quantitative estimate of drug-likeness (QED) is 0.292. The predicted molar refractivity (Wildman–Crippen MR) is 144 cm³/mol. The van der Waals surface area contributed by atoms with E-state index in [-0.39, 0.29) is 24.1 Å². The molecule has 0 spiro atoms. The zero-order valence-corrected chi connectivity index (χ0v) is 22.3. The van der Waals surface area contributed by atoms with Gasteiger partial charge in [-0.3, -0.25) is 4.79 Å². The van der Waals surface area contributed by atoms with Gasteiger partial charge in [0.15, 0.2) is 11.5 Å². The molecule has 0 radical (unpaired) electrons. The zero-order valence-electron chi connectivity index (χ0n) is 20.7. The van der Waals surface area contributed by atoms with Crippen LogP contribution in [0.3, 0.4) is 0 Å². The number of sulfonamides is 1. The van der Waals surface area contributed by atoms with E-state index in [9.17, 15) is 13.2 Å².